The van der Waals surface area contributed by atoms with Crippen molar-refractivity contribution in [2.24, 2.45) is 0 Å². The van der Waals surface area contributed by atoms with Crippen LogP contribution in [0.3, 0.4) is 0 Å². The number of hydrogen-bond acceptors (Lipinski definition) is 4. The Kier molecular flexibility index (Phi) is 2.93. The van der Waals surface area contributed by atoms with Gasteiger partial charge in [0.25, 0.3) is 0 Å². The Labute approximate surface area is 152 Å². The molecule has 5 rings (SSSR count). The van der Waals surface area contributed by atoms with Crippen LogP contribution in [-0.4, -0.2) is 26.3 Å². The molecule has 1 saturated carbocycles. The summed E-state index contributed by atoms with van der Waals surface area (Å²) in [6.07, 6.45) is 4.03. The molecule has 2 heterocycles. The first kappa shape index (κ1) is 16.0. The Hall–Kier alpha value is -2.18. The molecule has 4 nitrogen and oxygen atoms in total. The smallest absolute Gasteiger partial charge is 0.189 e. The molecule has 6 heteroatoms. The van der Waals surface area contributed by atoms with Crippen LogP contribution in [0.15, 0.2) is 72.8 Å². The normalized spacial score (nSPS) is 32.8. The van der Waals surface area contributed by atoms with E-state index in [-0.39, 0.29) is 9.81 Å². The topological polar surface area (TPSA) is 68.3 Å². The van der Waals surface area contributed by atoms with Gasteiger partial charge < -0.3 is 0 Å². The van der Waals surface area contributed by atoms with Crippen molar-refractivity contribution in [2.75, 3.05) is 0 Å². The minimum Gasteiger partial charge on any atom is -0.223 e. The third-order valence-electron chi connectivity index (χ3n) is 5.97. The van der Waals surface area contributed by atoms with Crippen LogP contribution in [0, 0.1) is 0 Å². The highest BCUT2D eigenvalue weighted by Crippen LogP contribution is 2.68. The number of hydrogen-bond donors (Lipinski definition) is 0. The summed E-state index contributed by atoms with van der Waals surface area (Å²) >= 11 is 0. The van der Waals surface area contributed by atoms with E-state index in [1.807, 2.05) is 12.1 Å². The molecule has 2 aliphatic heterocycles. The lowest BCUT2D eigenvalue weighted by Gasteiger charge is -2.62. The van der Waals surface area contributed by atoms with Gasteiger partial charge in [-0.3, -0.25) is 0 Å². The molecule has 2 aromatic rings. The van der Waals surface area contributed by atoms with Crippen molar-refractivity contribution < 1.29 is 16.8 Å². The molecule has 3 aliphatic rings. The third kappa shape index (κ3) is 1.56. The van der Waals surface area contributed by atoms with E-state index in [1.54, 1.807) is 60.7 Å². The van der Waals surface area contributed by atoms with Gasteiger partial charge >= 0.3 is 0 Å². The Morgan fingerprint density at radius 1 is 0.577 bits per heavy atom. The van der Waals surface area contributed by atoms with Gasteiger partial charge in [-0.1, -0.05) is 60.7 Å². The van der Waals surface area contributed by atoms with E-state index in [0.717, 1.165) is 0 Å². The first-order valence-electron chi connectivity index (χ1n) is 8.42. The summed E-state index contributed by atoms with van der Waals surface area (Å²) in [5.74, 6) is 0. The molecule has 1 aliphatic carbocycles. The van der Waals surface area contributed by atoms with E-state index >= 15 is 0 Å². The zero-order chi connectivity index (χ0) is 18.2. The van der Waals surface area contributed by atoms with E-state index in [4.69, 9.17) is 0 Å². The molecular formula is C20H16O4S2. The van der Waals surface area contributed by atoms with E-state index in [1.165, 1.54) is 0 Å². The summed E-state index contributed by atoms with van der Waals surface area (Å²) in [5.41, 5.74) is 1.23. The van der Waals surface area contributed by atoms with Crippen molar-refractivity contribution in [2.45, 2.75) is 22.3 Å². The molecule has 2 atom stereocenters. The van der Waals surface area contributed by atoms with Gasteiger partial charge in [0, 0.05) is 0 Å². The second-order valence-corrected chi connectivity index (χ2v) is 11.4. The number of benzene rings is 2. The van der Waals surface area contributed by atoms with Gasteiger partial charge in [-0.25, -0.2) is 16.8 Å². The highest BCUT2D eigenvalue weighted by Gasteiger charge is 2.78. The highest BCUT2D eigenvalue weighted by atomic mass is 32.2. The van der Waals surface area contributed by atoms with E-state index < -0.39 is 29.2 Å². The average molecular weight is 384 g/mol. The van der Waals surface area contributed by atoms with Gasteiger partial charge in [-0.05, 0) is 36.1 Å². The van der Waals surface area contributed by atoms with Crippen molar-refractivity contribution in [3.05, 3.63) is 83.9 Å². The molecule has 0 aromatic heterocycles. The largest absolute Gasteiger partial charge is 0.223 e. The molecule has 0 amide bonds. The van der Waals surface area contributed by atoms with Crippen molar-refractivity contribution >= 4 is 29.5 Å². The van der Waals surface area contributed by atoms with Crippen LogP contribution < -0.4 is 0 Å². The number of sulfone groups is 2. The monoisotopic (exact) mass is 384 g/mol. The van der Waals surface area contributed by atoms with Crippen LogP contribution in [-0.2, 0) is 19.7 Å². The van der Waals surface area contributed by atoms with Gasteiger partial charge in [-0.2, -0.15) is 0 Å². The van der Waals surface area contributed by atoms with Gasteiger partial charge in [0.05, 0.1) is 9.81 Å². The predicted octanol–water partition coefficient (Wildman–Crippen LogP) is 3.20. The van der Waals surface area contributed by atoms with Crippen LogP contribution >= 0.6 is 0 Å². The molecule has 132 valence electrons. The minimum atomic E-state index is -3.69. The van der Waals surface area contributed by atoms with Crippen LogP contribution in [0.25, 0.3) is 9.81 Å². The van der Waals surface area contributed by atoms with Crippen LogP contribution in [0.4, 0.5) is 0 Å². The van der Waals surface area contributed by atoms with Gasteiger partial charge in [-0.15, -0.1) is 0 Å². The molecule has 2 spiro atoms. The third-order valence-corrected chi connectivity index (χ3v) is 11.3. The van der Waals surface area contributed by atoms with Crippen molar-refractivity contribution in [3.8, 4) is 0 Å². The summed E-state index contributed by atoms with van der Waals surface area (Å²) in [6, 6.07) is 17.7. The van der Waals surface area contributed by atoms with E-state index in [2.05, 4.69) is 0 Å². The molecule has 0 N–H and O–H groups in total. The van der Waals surface area contributed by atoms with Gasteiger partial charge in [0.1, 0.15) is 9.49 Å². The fourth-order valence-electron chi connectivity index (χ4n) is 4.42. The molecule has 1 fully saturated rings. The zero-order valence-electron chi connectivity index (χ0n) is 13.8. The Morgan fingerprint density at radius 2 is 0.923 bits per heavy atom. The number of fused-ring (bicyclic) bond motifs is 1. The molecule has 2 aromatic carbocycles. The van der Waals surface area contributed by atoms with Crippen LogP contribution in [0.2, 0.25) is 0 Å². The Bertz CT molecular complexity index is 1100. The fourth-order valence-corrected chi connectivity index (χ4v) is 9.62. The zero-order valence-corrected chi connectivity index (χ0v) is 15.4. The summed E-state index contributed by atoms with van der Waals surface area (Å²) < 4.78 is 49.9. The molecule has 26 heavy (non-hydrogen) atoms. The maximum Gasteiger partial charge on any atom is 0.189 e. The first-order valence-corrected chi connectivity index (χ1v) is 11.4. The Morgan fingerprint density at radius 3 is 1.19 bits per heavy atom. The maximum atomic E-state index is 13.1. The molecular weight excluding hydrogens is 368 g/mol. The summed E-state index contributed by atoms with van der Waals surface area (Å²) in [5, 5.41) is 0. The van der Waals surface area contributed by atoms with Crippen molar-refractivity contribution in [1.82, 2.24) is 0 Å². The van der Waals surface area contributed by atoms with Gasteiger partial charge in [0.2, 0.25) is 0 Å². The standard InChI is InChI=1S/C20H16O4S2/c21-25(22)17(15-7-3-1-4-8-15)13-19(25)11-12-20(19)14-18(26(20,23)24)16-9-5-2-6-10-16/h1-10,13-14H,11-12H2/t19-,20-/m0/s1. The highest BCUT2D eigenvalue weighted by molar-refractivity contribution is 8.08. The lowest BCUT2D eigenvalue weighted by Crippen LogP contribution is -2.74. The molecule has 0 unspecified atom stereocenters. The quantitative estimate of drug-likeness (QED) is 0.797. The second kappa shape index (κ2) is 4.75. The molecule has 0 saturated heterocycles. The van der Waals surface area contributed by atoms with Gasteiger partial charge in [0.15, 0.2) is 19.7 Å². The molecule has 0 radical (unpaired) electrons. The summed E-state index contributed by atoms with van der Waals surface area (Å²) in [6.45, 7) is 0. The maximum absolute atomic E-state index is 13.1. The lowest BCUT2D eigenvalue weighted by molar-refractivity contribution is 0.317. The summed E-state index contributed by atoms with van der Waals surface area (Å²) in [4.78, 5) is 0.489. The average Bonchev–Trinajstić information content (AvgIpc) is 2.61. The second-order valence-electron chi connectivity index (χ2n) is 7.04. The van der Waals surface area contributed by atoms with E-state index in [0.29, 0.717) is 24.0 Å². The fraction of sp³-hybridized carbons (Fsp3) is 0.200. The first-order chi connectivity index (χ1) is 12.4. The number of rotatable bonds is 2. The van der Waals surface area contributed by atoms with Crippen LogP contribution in [0.5, 0.6) is 0 Å². The summed E-state index contributed by atoms with van der Waals surface area (Å²) in [7, 11) is -7.37. The lowest BCUT2D eigenvalue weighted by atomic mass is 9.69. The van der Waals surface area contributed by atoms with Crippen molar-refractivity contribution in [3.63, 3.8) is 0 Å². The van der Waals surface area contributed by atoms with Crippen molar-refractivity contribution in [1.29, 1.82) is 0 Å². The van der Waals surface area contributed by atoms with E-state index in [9.17, 15) is 16.8 Å². The van der Waals surface area contributed by atoms with Crippen LogP contribution in [0.1, 0.15) is 24.0 Å². The molecule has 0 bridgehead atoms. The minimum absolute atomic E-state index is 0.244. The SMILES string of the molecule is O=S1(=O)C(c2ccccc2)=C[C@]12CC[C@]21C=C(c2ccccc2)S1(=O)=O. The Balaban J connectivity index is 1.64. The predicted molar refractivity (Wildman–Crippen MR) is 101 cm³/mol.